The molecule has 0 atom stereocenters. The van der Waals surface area contributed by atoms with Gasteiger partial charge < -0.3 is 10.2 Å². The number of thiazole rings is 1. The lowest BCUT2D eigenvalue weighted by molar-refractivity contribution is -0.116. The molecule has 0 unspecified atom stereocenters. The molecule has 0 radical (unpaired) electrons. The van der Waals surface area contributed by atoms with E-state index < -0.39 is 0 Å². The van der Waals surface area contributed by atoms with Crippen molar-refractivity contribution in [1.82, 2.24) is 9.55 Å². The van der Waals surface area contributed by atoms with E-state index in [4.69, 9.17) is 0 Å². The lowest BCUT2D eigenvalue weighted by atomic mass is 10.1. The first kappa shape index (κ1) is 18.4. The third-order valence-corrected chi connectivity index (χ3v) is 5.66. The second-order valence-corrected chi connectivity index (χ2v) is 7.81. The van der Waals surface area contributed by atoms with Crippen molar-refractivity contribution in [3.8, 4) is 11.3 Å². The van der Waals surface area contributed by atoms with Crippen LogP contribution >= 0.6 is 11.3 Å². The van der Waals surface area contributed by atoms with Crippen molar-refractivity contribution in [3.05, 3.63) is 63.2 Å². The van der Waals surface area contributed by atoms with Crippen molar-refractivity contribution in [3.63, 3.8) is 0 Å². The molecular weight excluding hydrogens is 372 g/mol. The van der Waals surface area contributed by atoms with Gasteiger partial charge in [0.05, 0.1) is 17.6 Å². The molecule has 0 saturated carbocycles. The van der Waals surface area contributed by atoms with Crippen LogP contribution in [0.5, 0.6) is 0 Å². The molecule has 1 fully saturated rings. The average Bonchev–Trinajstić information content (AvgIpc) is 3.34. The van der Waals surface area contributed by atoms with E-state index in [0.29, 0.717) is 5.69 Å². The van der Waals surface area contributed by atoms with Crippen molar-refractivity contribution >= 4 is 28.7 Å². The number of nitrogens with zero attached hydrogens (tertiary/aromatic N) is 3. The molecule has 1 N–H and O–H groups in total. The van der Waals surface area contributed by atoms with Crippen LogP contribution in [0.3, 0.4) is 0 Å². The number of carbonyl (C=O) groups excluding carboxylic acids is 1. The summed E-state index contributed by atoms with van der Waals surface area (Å²) in [4.78, 5) is 31.3. The molecule has 1 aliphatic rings. The quantitative estimate of drug-likeness (QED) is 0.719. The predicted molar refractivity (Wildman–Crippen MR) is 113 cm³/mol. The molecule has 4 rings (SSSR count). The first-order chi connectivity index (χ1) is 13.6. The molecule has 3 aromatic rings. The molecule has 6 nitrogen and oxygen atoms in total. The molecule has 0 bridgehead atoms. The molecule has 0 aliphatic carbocycles. The van der Waals surface area contributed by atoms with Crippen molar-refractivity contribution < 1.29 is 4.79 Å². The summed E-state index contributed by atoms with van der Waals surface area (Å²) in [6.07, 6.45) is 4.06. The minimum atomic E-state index is -0.246. The summed E-state index contributed by atoms with van der Waals surface area (Å²) in [6, 6.07) is 11.7. The number of amides is 1. The van der Waals surface area contributed by atoms with Crippen LogP contribution in [0.15, 0.2) is 52.8 Å². The van der Waals surface area contributed by atoms with E-state index in [1.54, 1.807) is 11.6 Å². The van der Waals surface area contributed by atoms with Gasteiger partial charge in [-0.25, -0.2) is 4.98 Å². The normalized spacial score (nSPS) is 13.7. The van der Waals surface area contributed by atoms with Gasteiger partial charge in [0.1, 0.15) is 12.4 Å². The SMILES string of the molecule is Cc1ccc(-c2csc(=O)n2CC(=O)Nc2ccc(N3CCCC3)nc2)cc1. The third-order valence-electron chi connectivity index (χ3n) is 4.89. The van der Waals surface area contributed by atoms with E-state index >= 15 is 0 Å². The van der Waals surface area contributed by atoms with Gasteiger partial charge in [-0.1, -0.05) is 41.2 Å². The summed E-state index contributed by atoms with van der Waals surface area (Å²) >= 11 is 1.10. The Morgan fingerprint density at radius 1 is 1.14 bits per heavy atom. The van der Waals surface area contributed by atoms with Gasteiger partial charge in [0.2, 0.25) is 5.91 Å². The number of carbonyl (C=O) groups is 1. The Hall–Kier alpha value is -2.93. The van der Waals surface area contributed by atoms with Crippen LogP contribution in [-0.4, -0.2) is 28.5 Å². The lowest BCUT2D eigenvalue weighted by Crippen LogP contribution is -2.25. The van der Waals surface area contributed by atoms with Gasteiger partial charge in [0, 0.05) is 18.5 Å². The Labute approximate surface area is 167 Å². The molecule has 3 heterocycles. The van der Waals surface area contributed by atoms with Crippen molar-refractivity contribution in [1.29, 1.82) is 0 Å². The second kappa shape index (κ2) is 7.98. The largest absolute Gasteiger partial charge is 0.357 e. The molecule has 1 amide bonds. The number of hydrogen-bond donors (Lipinski definition) is 1. The number of pyridine rings is 1. The van der Waals surface area contributed by atoms with E-state index in [9.17, 15) is 9.59 Å². The number of benzene rings is 1. The molecule has 144 valence electrons. The molecule has 1 saturated heterocycles. The number of aromatic nitrogens is 2. The van der Waals surface area contributed by atoms with Gasteiger partial charge in [-0.15, -0.1) is 0 Å². The predicted octanol–water partition coefficient (Wildman–Crippen LogP) is 3.52. The molecular formula is C21H22N4O2S. The van der Waals surface area contributed by atoms with Gasteiger partial charge in [0.25, 0.3) is 0 Å². The zero-order valence-electron chi connectivity index (χ0n) is 15.7. The molecule has 1 aliphatic heterocycles. The number of rotatable bonds is 5. The average molecular weight is 395 g/mol. The maximum atomic E-state index is 12.5. The molecule has 28 heavy (non-hydrogen) atoms. The van der Waals surface area contributed by atoms with E-state index in [-0.39, 0.29) is 17.3 Å². The van der Waals surface area contributed by atoms with Gasteiger partial charge in [-0.2, -0.15) is 0 Å². The standard InChI is InChI=1S/C21H22N4O2S/c1-15-4-6-16(7-5-15)18-14-28-21(27)25(18)13-20(26)23-17-8-9-19(22-12-17)24-10-2-3-11-24/h4-9,12,14H,2-3,10-11,13H2,1H3,(H,23,26). The molecule has 0 spiro atoms. The van der Waals surface area contributed by atoms with E-state index in [0.717, 1.165) is 47.1 Å². The maximum absolute atomic E-state index is 12.5. The van der Waals surface area contributed by atoms with Crippen LogP contribution in [0.25, 0.3) is 11.3 Å². The van der Waals surface area contributed by atoms with Crippen LogP contribution in [0.4, 0.5) is 11.5 Å². The van der Waals surface area contributed by atoms with Crippen molar-refractivity contribution in [2.45, 2.75) is 26.3 Å². The highest BCUT2D eigenvalue weighted by Crippen LogP contribution is 2.21. The van der Waals surface area contributed by atoms with Crippen LogP contribution in [0.1, 0.15) is 18.4 Å². The van der Waals surface area contributed by atoms with Gasteiger partial charge in [-0.05, 0) is 37.5 Å². The summed E-state index contributed by atoms with van der Waals surface area (Å²) in [5.74, 6) is 0.691. The minimum absolute atomic E-state index is 0.0284. The molecule has 2 aromatic heterocycles. The van der Waals surface area contributed by atoms with Gasteiger partial charge in [-0.3, -0.25) is 14.2 Å². The fourth-order valence-corrected chi connectivity index (χ4v) is 4.13. The van der Waals surface area contributed by atoms with Crippen molar-refractivity contribution in [2.75, 3.05) is 23.3 Å². The lowest BCUT2D eigenvalue weighted by Gasteiger charge is -2.16. The topological polar surface area (TPSA) is 67.2 Å². The molecule has 1 aromatic carbocycles. The highest BCUT2D eigenvalue weighted by atomic mass is 32.1. The van der Waals surface area contributed by atoms with E-state index in [1.807, 2.05) is 43.3 Å². The Bertz CT molecular complexity index is 1020. The molecule has 7 heteroatoms. The van der Waals surface area contributed by atoms with E-state index in [1.165, 1.54) is 17.4 Å². The zero-order chi connectivity index (χ0) is 19.5. The van der Waals surface area contributed by atoms with Crippen molar-refractivity contribution in [2.24, 2.45) is 0 Å². The fraction of sp³-hybridized carbons (Fsp3) is 0.286. The number of anilines is 2. The number of aryl methyl sites for hydroxylation is 1. The summed E-state index contributed by atoms with van der Waals surface area (Å²) in [7, 11) is 0. The fourth-order valence-electron chi connectivity index (χ4n) is 3.37. The van der Waals surface area contributed by atoms with Crippen LogP contribution in [0.2, 0.25) is 0 Å². The van der Waals surface area contributed by atoms with Crippen LogP contribution in [-0.2, 0) is 11.3 Å². The second-order valence-electron chi connectivity index (χ2n) is 6.99. The smallest absolute Gasteiger partial charge is 0.308 e. The highest BCUT2D eigenvalue weighted by molar-refractivity contribution is 7.07. The Kier molecular flexibility index (Phi) is 5.25. The Morgan fingerprint density at radius 3 is 2.57 bits per heavy atom. The van der Waals surface area contributed by atoms with Crippen LogP contribution in [0, 0.1) is 6.92 Å². The third kappa shape index (κ3) is 3.99. The number of hydrogen-bond acceptors (Lipinski definition) is 5. The van der Waals surface area contributed by atoms with Crippen LogP contribution < -0.4 is 15.1 Å². The van der Waals surface area contributed by atoms with Gasteiger partial charge in [0.15, 0.2) is 0 Å². The summed E-state index contributed by atoms with van der Waals surface area (Å²) < 4.78 is 1.51. The summed E-state index contributed by atoms with van der Waals surface area (Å²) in [6.45, 7) is 4.05. The zero-order valence-corrected chi connectivity index (χ0v) is 16.5. The monoisotopic (exact) mass is 394 g/mol. The highest BCUT2D eigenvalue weighted by Gasteiger charge is 2.15. The maximum Gasteiger partial charge on any atom is 0.308 e. The summed E-state index contributed by atoms with van der Waals surface area (Å²) in [5.41, 5.74) is 3.46. The van der Waals surface area contributed by atoms with E-state index in [2.05, 4.69) is 15.2 Å². The minimum Gasteiger partial charge on any atom is -0.357 e. The Morgan fingerprint density at radius 2 is 1.89 bits per heavy atom. The first-order valence-electron chi connectivity index (χ1n) is 9.36. The first-order valence-corrected chi connectivity index (χ1v) is 10.2. The number of nitrogens with one attached hydrogen (secondary N) is 1. The summed E-state index contributed by atoms with van der Waals surface area (Å²) in [5, 5.41) is 4.64. The Balaban J connectivity index is 1.46. The van der Waals surface area contributed by atoms with Gasteiger partial charge >= 0.3 is 4.87 Å².